The Kier molecular flexibility index (Phi) is 7.35. The summed E-state index contributed by atoms with van der Waals surface area (Å²) in [5.74, 6) is 0.392. The molecule has 2 aromatic carbocycles. The molecular formula is C22H23ClN2O4S2. The number of rotatable bonds is 8. The molecule has 0 saturated heterocycles. The molecule has 0 aliphatic carbocycles. The van der Waals surface area contributed by atoms with E-state index in [0.29, 0.717) is 40.9 Å². The number of carbonyl (C=O) groups is 1. The summed E-state index contributed by atoms with van der Waals surface area (Å²) in [5, 5.41) is 1.38. The van der Waals surface area contributed by atoms with Crippen LogP contribution >= 0.6 is 22.9 Å². The second kappa shape index (κ2) is 9.80. The highest BCUT2D eigenvalue weighted by Gasteiger charge is 2.19. The molecular weight excluding hydrogens is 456 g/mol. The first kappa shape index (κ1) is 23.2. The maximum absolute atomic E-state index is 12.9. The fraction of sp³-hybridized carbons (Fsp3) is 0.273. The Morgan fingerprint density at radius 2 is 1.94 bits per heavy atom. The second-order valence-corrected chi connectivity index (χ2v) is 10.6. The molecule has 0 saturated carbocycles. The lowest BCUT2D eigenvalue weighted by molar-refractivity contribution is 0.0791. The minimum Gasteiger partial charge on any atom is -0.493 e. The van der Waals surface area contributed by atoms with Gasteiger partial charge in [-0.3, -0.25) is 4.79 Å². The number of benzene rings is 2. The number of thiazole rings is 1. The molecule has 31 heavy (non-hydrogen) atoms. The summed E-state index contributed by atoms with van der Waals surface area (Å²) in [5.41, 5.74) is 1.57. The van der Waals surface area contributed by atoms with E-state index in [1.807, 2.05) is 25.1 Å². The van der Waals surface area contributed by atoms with Crippen LogP contribution in [-0.4, -0.2) is 50.7 Å². The molecule has 3 aromatic rings. The van der Waals surface area contributed by atoms with Crippen LogP contribution in [0, 0.1) is 6.92 Å². The molecule has 3 rings (SSSR count). The highest BCUT2D eigenvalue weighted by atomic mass is 35.5. The van der Waals surface area contributed by atoms with Gasteiger partial charge in [0.25, 0.3) is 5.91 Å². The number of hydrogen-bond acceptors (Lipinski definition) is 6. The van der Waals surface area contributed by atoms with E-state index in [0.717, 1.165) is 16.8 Å². The van der Waals surface area contributed by atoms with E-state index in [9.17, 15) is 13.2 Å². The van der Waals surface area contributed by atoms with Crippen molar-refractivity contribution in [1.82, 2.24) is 9.88 Å². The van der Waals surface area contributed by atoms with Crippen molar-refractivity contribution in [2.75, 3.05) is 26.5 Å². The van der Waals surface area contributed by atoms with Crippen molar-refractivity contribution in [3.05, 3.63) is 64.1 Å². The lowest BCUT2D eigenvalue weighted by Crippen LogP contribution is -2.28. The third kappa shape index (κ3) is 6.06. The molecule has 6 nitrogen and oxygen atoms in total. The molecule has 0 fully saturated rings. The quantitative estimate of drug-likeness (QED) is 0.438. The molecule has 1 aromatic heterocycles. The van der Waals surface area contributed by atoms with Gasteiger partial charge in [0.15, 0.2) is 9.84 Å². The molecule has 164 valence electrons. The summed E-state index contributed by atoms with van der Waals surface area (Å²) in [4.78, 5) is 19.8. The Bertz CT molecular complexity index is 1190. The molecule has 0 aliphatic rings. The van der Waals surface area contributed by atoms with Gasteiger partial charge >= 0.3 is 0 Å². The molecule has 0 bridgehead atoms. The Balaban J connectivity index is 1.57. The fourth-order valence-electron chi connectivity index (χ4n) is 2.90. The molecule has 0 spiro atoms. The van der Waals surface area contributed by atoms with Crippen LogP contribution in [0.25, 0.3) is 10.6 Å². The van der Waals surface area contributed by atoms with E-state index < -0.39 is 9.84 Å². The normalized spacial score (nSPS) is 11.4. The first-order chi connectivity index (χ1) is 14.6. The van der Waals surface area contributed by atoms with Crippen LogP contribution in [0.1, 0.15) is 21.8 Å². The van der Waals surface area contributed by atoms with Crippen LogP contribution in [0.3, 0.4) is 0 Å². The Hall–Kier alpha value is -2.42. The van der Waals surface area contributed by atoms with Crippen molar-refractivity contribution in [1.29, 1.82) is 0 Å². The average molecular weight is 479 g/mol. The van der Waals surface area contributed by atoms with E-state index >= 15 is 0 Å². The average Bonchev–Trinajstić information content (AvgIpc) is 3.12. The molecule has 1 amide bonds. The van der Waals surface area contributed by atoms with Gasteiger partial charge in [0.2, 0.25) is 0 Å². The maximum atomic E-state index is 12.9. The number of aryl methyl sites for hydroxylation is 1. The molecule has 0 N–H and O–H groups in total. The number of amides is 1. The lowest BCUT2D eigenvalue weighted by Gasteiger charge is -2.16. The molecule has 9 heteroatoms. The van der Waals surface area contributed by atoms with E-state index in [2.05, 4.69) is 4.98 Å². The zero-order valence-corrected chi connectivity index (χ0v) is 19.9. The number of halogens is 1. The minimum atomic E-state index is -3.28. The van der Waals surface area contributed by atoms with Crippen LogP contribution in [-0.2, 0) is 9.84 Å². The van der Waals surface area contributed by atoms with E-state index in [1.165, 1.54) is 23.5 Å². The predicted octanol–water partition coefficient (Wildman–Crippen LogP) is 4.72. The Labute approximate surface area is 191 Å². The third-order valence-corrected chi connectivity index (χ3v) is 7.09. The minimum absolute atomic E-state index is 0.0950. The summed E-state index contributed by atoms with van der Waals surface area (Å²) < 4.78 is 28.9. The number of aromatic nitrogens is 1. The van der Waals surface area contributed by atoms with Crippen molar-refractivity contribution in [2.45, 2.75) is 18.2 Å². The summed E-state index contributed by atoms with van der Waals surface area (Å²) in [6.45, 7) is 2.68. The van der Waals surface area contributed by atoms with Crippen LogP contribution in [0.5, 0.6) is 5.75 Å². The van der Waals surface area contributed by atoms with Gasteiger partial charge in [-0.25, -0.2) is 13.4 Å². The van der Waals surface area contributed by atoms with Crippen molar-refractivity contribution in [3.63, 3.8) is 0 Å². The van der Waals surface area contributed by atoms with Gasteiger partial charge in [0.1, 0.15) is 15.6 Å². The molecule has 0 aliphatic heterocycles. The maximum Gasteiger partial charge on any atom is 0.265 e. The van der Waals surface area contributed by atoms with Crippen molar-refractivity contribution in [2.24, 2.45) is 0 Å². The highest BCUT2D eigenvalue weighted by Crippen LogP contribution is 2.30. The molecule has 0 unspecified atom stereocenters. The van der Waals surface area contributed by atoms with Gasteiger partial charge < -0.3 is 9.64 Å². The molecule has 1 heterocycles. The number of sulfone groups is 1. The number of nitrogens with zero attached hydrogens (tertiary/aromatic N) is 2. The van der Waals surface area contributed by atoms with Crippen LogP contribution < -0.4 is 4.74 Å². The number of carbonyl (C=O) groups excluding carboxylic acids is 1. The van der Waals surface area contributed by atoms with Crippen molar-refractivity contribution in [3.8, 4) is 16.3 Å². The molecule has 0 radical (unpaired) electrons. The first-order valence-corrected chi connectivity index (χ1v) is 12.7. The van der Waals surface area contributed by atoms with E-state index in [1.54, 1.807) is 30.1 Å². The second-order valence-electron chi connectivity index (χ2n) is 7.12. The third-order valence-electron chi connectivity index (χ3n) is 4.55. The monoisotopic (exact) mass is 478 g/mol. The van der Waals surface area contributed by atoms with Gasteiger partial charge in [-0.2, -0.15) is 0 Å². The van der Waals surface area contributed by atoms with Gasteiger partial charge in [-0.05, 0) is 43.7 Å². The first-order valence-electron chi connectivity index (χ1n) is 9.57. The number of hydrogen-bond donors (Lipinski definition) is 0. The smallest absolute Gasteiger partial charge is 0.265 e. The summed E-state index contributed by atoms with van der Waals surface area (Å²) in [6, 6.07) is 13.8. The summed E-state index contributed by atoms with van der Waals surface area (Å²) >= 11 is 7.41. The van der Waals surface area contributed by atoms with Crippen LogP contribution in [0.4, 0.5) is 0 Å². The zero-order chi connectivity index (χ0) is 22.6. The SMILES string of the molecule is Cc1nc(-c2cccc(Cl)c2)sc1C(=O)N(C)CCCOc1cccc(S(C)(=O)=O)c1. The Morgan fingerprint density at radius 1 is 1.19 bits per heavy atom. The standard InChI is InChI=1S/C22H23ClN2O4S2/c1-15-20(30-21(24-15)16-7-4-8-17(23)13-16)22(26)25(2)11-6-12-29-18-9-5-10-19(14-18)31(3,27)28/h4-5,7-10,13-14H,6,11-12H2,1-3H3. The topological polar surface area (TPSA) is 76.6 Å². The largest absolute Gasteiger partial charge is 0.493 e. The Morgan fingerprint density at radius 3 is 2.65 bits per heavy atom. The predicted molar refractivity (Wildman–Crippen MR) is 124 cm³/mol. The summed E-state index contributed by atoms with van der Waals surface area (Å²) in [6.07, 6.45) is 1.76. The van der Waals surface area contributed by atoms with Gasteiger partial charge in [-0.15, -0.1) is 11.3 Å². The lowest BCUT2D eigenvalue weighted by atomic mass is 10.2. The van der Waals surface area contributed by atoms with Crippen molar-refractivity contribution >= 4 is 38.7 Å². The van der Waals surface area contributed by atoms with Gasteiger partial charge in [0, 0.05) is 30.4 Å². The molecule has 0 atom stereocenters. The van der Waals surface area contributed by atoms with Crippen LogP contribution in [0.2, 0.25) is 5.02 Å². The van der Waals surface area contributed by atoms with E-state index in [-0.39, 0.29) is 10.8 Å². The highest BCUT2D eigenvalue weighted by molar-refractivity contribution is 7.90. The van der Waals surface area contributed by atoms with Gasteiger partial charge in [-0.1, -0.05) is 29.8 Å². The van der Waals surface area contributed by atoms with Crippen molar-refractivity contribution < 1.29 is 17.9 Å². The summed E-state index contributed by atoms with van der Waals surface area (Å²) in [7, 11) is -1.54. The van der Waals surface area contributed by atoms with E-state index in [4.69, 9.17) is 16.3 Å². The van der Waals surface area contributed by atoms with Crippen LogP contribution in [0.15, 0.2) is 53.4 Å². The fourth-order valence-corrected chi connectivity index (χ4v) is 4.80. The zero-order valence-electron chi connectivity index (χ0n) is 17.5. The number of ether oxygens (including phenoxy) is 1. The van der Waals surface area contributed by atoms with Gasteiger partial charge in [0.05, 0.1) is 17.2 Å².